The predicted octanol–water partition coefficient (Wildman–Crippen LogP) is 4.32. The maximum Gasteiger partial charge on any atom is 0.315 e. The van der Waals surface area contributed by atoms with Crippen LogP contribution in [0.15, 0.2) is 42.6 Å². The van der Waals surface area contributed by atoms with Crippen LogP contribution in [0, 0.1) is 11.7 Å². The third-order valence-electron chi connectivity index (χ3n) is 5.36. The van der Waals surface area contributed by atoms with Gasteiger partial charge >= 0.3 is 6.03 Å². The van der Waals surface area contributed by atoms with Crippen LogP contribution >= 0.6 is 0 Å². The Hall–Kier alpha value is -2.67. The molecule has 1 fully saturated rings. The average Bonchev–Trinajstić information content (AvgIpc) is 2.74. The summed E-state index contributed by atoms with van der Waals surface area (Å²) in [7, 11) is 0. The predicted molar refractivity (Wildman–Crippen MR) is 115 cm³/mol. The number of nitrogens with one attached hydrogen (secondary N) is 2. The first-order chi connectivity index (χ1) is 14.6. The number of halogens is 1. The monoisotopic (exact) mass is 414 g/mol. The first-order valence-corrected chi connectivity index (χ1v) is 10.7. The van der Waals surface area contributed by atoms with Gasteiger partial charge in [0.15, 0.2) is 0 Å². The number of carbonyl (C=O) groups is 1. The number of piperidine rings is 1. The second kappa shape index (κ2) is 11.5. The van der Waals surface area contributed by atoms with Crippen LogP contribution in [0.25, 0.3) is 0 Å². The molecule has 0 aliphatic carbocycles. The maximum atomic E-state index is 13.4. The van der Waals surface area contributed by atoms with Crippen molar-refractivity contribution in [3.05, 3.63) is 54.0 Å². The molecule has 2 N–H and O–H groups in total. The van der Waals surface area contributed by atoms with E-state index in [1.165, 1.54) is 38.1 Å². The molecule has 0 atom stereocenters. The number of likely N-dealkylation sites (tertiary alicyclic amines) is 1. The van der Waals surface area contributed by atoms with E-state index in [1.807, 2.05) is 6.07 Å². The number of carbonyl (C=O) groups excluding carboxylic acids is 1. The van der Waals surface area contributed by atoms with Crippen molar-refractivity contribution in [3.63, 3.8) is 0 Å². The minimum Gasteiger partial charge on any atom is -0.439 e. The molecule has 30 heavy (non-hydrogen) atoms. The Morgan fingerprint density at radius 2 is 2.03 bits per heavy atom. The standard InChI is InChI=1S/C23H31FN4O2/c1-18-9-14-28(15-10-18)13-3-2-11-26-23(29)27-17-19-6-5-12-25-22(19)30-21-8-4-7-20(24)16-21/h4-8,12,16,18H,2-3,9-11,13-15,17H2,1H3,(H2,26,27,29). The molecule has 162 valence electrons. The number of ether oxygens (including phenoxy) is 1. The van der Waals surface area contributed by atoms with Crippen LogP contribution in [0.1, 0.15) is 38.2 Å². The SMILES string of the molecule is CC1CCN(CCCCNC(=O)NCc2cccnc2Oc2cccc(F)c2)CC1. The van der Waals surface area contributed by atoms with Gasteiger partial charge in [-0.2, -0.15) is 0 Å². The van der Waals surface area contributed by atoms with E-state index in [0.717, 1.165) is 30.9 Å². The van der Waals surface area contributed by atoms with Gasteiger partial charge in [-0.3, -0.25) is 0 Å². The number of nitrogens with zero attached hydrogens (tertiary/aromatic N) is 2. The highest BCUT2D eigenvalue weighted by atomic mass is 19.1. The van der Waals surface area contributed by atoms with Gasteiger partial charge < -0.3 is 20.3 Å². The van der Waals surface area contributed by atoms with Crippen LogP contribution in [0.4, 0.5) is 9.18 Å². The summed E-state index contributed by atoms with van der Waals surface area (Å²) in [6.45, 7) is 6.74. The number of pyridine rings is 1. The lowest BCUT2D eigenvalue weighted by atomic mass is 9.99. The van der Waals surface area contributed by atoms with E-state index in [0.29, 0.717) is 18.2 Å². The number of unbranched alkanes of at least 4 members (excludes halogenated alkanes) is 1. The van der Waals surface area contributed by atoms with Gasteiger partial charge in [-0.05, 0) is 69.4 Å². The summed E-state index contributed by atoms with van der Waals surface area (Å²) in [5.74, 6) is 1.19. The van der Waals surface area contributed by atoms with Crippen LogP contribution in [0.3, 0.4) is 0 Å². The van der Waals surface area contributed by atoms with Crippen LogP contribution < -0.4 is 15.4 Å². The van der Waals surface area contributed by atoms with E-state index in [9.17, 15) is 9.18 Å². The highest BCUT2D eigenvalue weighted by Gasteiger charge is 2.14. The molecule has 6 nitrogen and oxygen atoms in total. The number of amides is 2. The maximum absolute atomic E-state index is 13.4. The summed E-state index contributed by atoms with van der Waals surface area (Å²) in [5.41, 5.74) is 0.719. The molecule has 0 bridgehead atoms. The largest absolute Gasteiger partial charge is 0.439 e. The van der Waals surface area contributed by atoms with E-state index in [-0.39, 0.29) is 18.4 Å². The van der Waals surface area contributed by atoms with Gasteiger partial charge in [0, 0.05) is 30.9 Å². The van der Waals surface area contributed by atoms with Gasteiger partial charge in [-0.1, -0.05) is 19.1 Å². The van der Waals surface area contributed by atoms with Gasteiger partial charge in [0.2, 0.25) is 5.88 Å². The molecule has 0 radical (unpaired) electrons. The Morgan fingerprint density at radius 1 is 1.20 bits per heavy atom. The van der Waals surface area contributed by atoms with Gasteiger partial charge in [0.1, 0.15) is 11.6 Å². The third-order valence-corrected chi connectivity index (χ3v) is 5.36. The summed E-state index contributed by atoms with van der Waals surface area (Å²) in [5, 5.41) is 5.72. The summed E-state index contributed by atoms with van der Waals surface area (Å²) < 4.78 is 19.0. The molecular weight excluding hydrogens is 383 g/mol. The van der Waals surface area contributed by atoms with Crippen molar-refractivity contribution in [2.75, 3.05) is 26.2 Å². The van der Waals surface area contributed by atoms with Crippen molar-refractivity contribution in [2.45, 2.75) is 39.2 Å². The topological polar surface area (TPSA) is 66.5 Å². The number of aromatic nitrogens is 1. The van der Waals surface area contributed by atoms with Gasteiger partial charge in [0.25, 0.3) is 0 Å². The molecule has 1 aliphatic heterocycles. The van der Waals surface area contributed by atoms with E-state index in [4.69, 9.17) is 4.74 Å². The number of hydrogen-bond donors (Lipinski definition) is 2. The molecule has 1 aromatic carbocycles. The Morgan fingerprint density at radius 3 is 2.83 bits per heavy atom. The fourth-order valence-electron chi connectivity index (χ4n) is 3.48. The third kappa shape index (κ3) is 7.30. The first-order valence-electron chi connectivity index (χ1n) is 10.7. The lowest BCUT2D eigenvalue weighted by Gasteiger charge is -2.30. The molecule has 0 saturated carbocycles. The quantitative estimate of drug-likeness (QED) is 0.600. The molecule has 2 heterocycles. The number of hydrogen-bond acceptors (Lipinski definition) is 4. The lowest BCUT2D eigenvalue weighted by Crippen LogP contribution is -2.36. The summed E-state index contributed by atoms with van der Waals surface area (Å²) in [6.07, 6.45) is 6.23. The Balaban J connectivity index is 1.35. The zero-order chi connectivity index (χ0) is 21.2. The second-order valence-corrected chi connectivity index (χ2v) is 7.87. The summed E-state index contributed by atoms with van der Waals surface area (Å²) in [4.78, 5) is 18.8. The second-order valence-electron chi connectivity index (χ2n) is 7.87. The van der Waals surface area contributed by atoms with E-state index in [2.05, 4.69) is 27.4 Å². The molecule has 3 rings (SSSR count). The highest BCUT2D eigenvalue weighted by Crippen LogP contribution is 2.23. The smallest absolute Gasteiger partial charge is 0.315 e. The molecule has 1 saturated heterocycles. The van der Waals surface area contributed by atoms with Gasteiger partial charge in [-0.15, -0.1) is 0 Å². The highest BCUT2D eigenvalue weighted by molar-refractivity contribution is 5.73. The fourth-order valence-corrected chi connectivity index (χ4v) is 3.48. The molecule has 0 unspecified atom stereocenters. The molecule has 2 amide bonds. The first kappa shape index (κ1) is 22.0. The summed E-state index contributed by atoms with van der Waals surface area (Å²) in [6, 6.07) is 9.25. The normalized spacial score (nSPS) is 15.0. The minimum atomic E-state index is -0.377. The van der Waals surface area contributed by atoms with E-state index < -0.39 is 0 Å². The molecule has 0 spiro atoms. The number of benzene rings is 1. The molecule has 1 aromatic heterocycles. The van der Waals surface area contributed by atoms with Crippen molar-refractivity contribution in [2.24, 2.45) is 5.92 Å². The van der Waals surface area contributed by atoms with Crippen LogP contribution in [-0.2, 0) is 6.54 Å². The average molecular weight is 415 g/mol. The van der Waals surface area contributed by atoms with Crippen molar-refractivity contribution in [1.29, 1.82) is 0 Å². The van der Waals surface area contributed by atoms with Gasteiger partial charge in [0.05, 0.1) is 0 Å². The molecule has 7 heteroatoms. The molecule has 2 aromatic rings. The summed E-state index contributed by atoms with van der Waals surface area (Å²) >= 11 is 0. The van der Waals surface area contributed by atoms with Crippen LogP contribution in [0.5, 0.6) is 11.6 Å². The van der Waals surface area contributed by atoms with Crippen LogP contribution in [0.2, 0.25) is 0 Å². The van der Waals surface area contributed by atoms with E-state index in [1.54, 1.807) is 24.4 Å². The Kier molecular flexibility index (Phi) is 8.44. The minimum absolute atomic E-state index is 0.220. The Bertz CT molecular complexity index is 809. The molecular formula is C23H31FN4O2. The van der Waals surface area contributed by atoms with Gasteiger partial charge in [-0.25, -0.2) is 14.2 Å². The zero-order valence-electron chi connectivity index (χ0n) is 17.6. The lowest BCUT2D eigenvalue weighted by molar-refractivity contribution is 0.189. The van der Waals surface area contributed by atoms with Crippen molar-refractivity contribution >= 4 is 6.03 Å². The van der Waals surface area contributed by atoms with Crippen molar-refractivity contribution < 1.29 is 13.9 Å². The zero-order valence-corrected chi connectivity index (χ0v) is 17.6. The molecule has 1 aliphatic rings. The number of rotatable bonds is 9. The van der Waals surface area contributed by atoms with Crippen molar-refractivity contribution in [1.82, 2.24) is 20.5 Å². The van der Waals surface area contributed by atoms with E-state index >= 15 is 0 Å². The van der Waals surface area contributed by atoms with Crippen molar-refractivity contribution in [3.8, 4) is 11.6 Å². The number of urea groups is 1. The van der Waals surface area contributed by atoms with Crippen LogP contribution in [-0.4, -0.2) is 42.1 Å². The fraction of sp³-hybridized carbons (Fsp3) is 0.478. The Labute approximate surface area is 177 Å².